The molecule has 2 rings (SSSR count). The number of nitrogens with one attached hydrogen (secondary N) is 2. The molecule has 0 aromatic heterocycles. The second kappa shape index (κ2) is 9.77. The molecule has 0 atom stereocenters. The minimum Gasteiger partial charge on any atom is -0.496 e. The molecular formula is C19H23ClN2O5S. The first-order chi connectivity index (χ1) is 13.2. The molecule has 28 heavy (non-hydrogen) atoms. The van der Waals surface area contributed by atoms with Crippen LogP contribution in [0, 0.1) is 0 Å². The van der Waals surface area contributed by atoms with Gasteiger partial charge in [-0.2, -0.15) is 0 Å². The van der Waals surface area contributed by atoms with Crippen molar-refractivity contribution >= 4 is 27.5 Å². The number of sulfonamides is 1. The number of hydrogen-bond acceptors (Lipinski definition) is 5. The minimum atomic E-state index is -3.66. The maximum atomic E-state index is 12.2. The Morgan fingerprint density at radius 3 is 2.50 bits per heavy atom. The molecular weight excluding hydrogens is 404 g/mol. The quantitative estimate of drug-likeness (QED) is 0.643. The molecule has 9 heteroatoms. The average Bonchev–Trinajstić information content (AvgIpc) is 2.64. The molecule has 0 aliphatic heterocycles. The number of hydrogen-bond donors (Lipinski definition) is 2. The van der Waals surface area contributed by atoms with Crippen LogP contribution in [0.1, 0.15) is 19.4 Å². The van der Waals surface area contributed by atoms with E-state index in [1.165, 1.54) is 18.2 Å². The van der Waals surface area contributed by atoms with Crippen molar-refractivity contribution in [2.24, 2.45) is 0 Å². The van der Waals surface area contributed by atoms with Crippen LogP contribution in [0.25, 0.3) is 0 Å². The fourth-order valence-corrected chi connectivity index (χ4v) is 3.96. The number of carbonyl (C=O) groups is 1. The number of rotatable bonds is 9. The van der Waals surface area contributed by atoms with Crippen molar-refractivity contribution in [2.75, 3.05) is 13.7 Å². The van der Waals surface area contributed by atoms with Gasteiger partial charge in [0.15, 0.2) is 6.61 Å². The second-order valence-corrected chi connectivity index (χ2v) is 8.37. The SMILES string of the molecule is COc1ccccc1CNC(=O)COc1ccc(S(=O)(=O)NC(C)C)cc1Cl. The number of ether oxygens (including phenoxy) is 2. The molecule has 0 aliphatic rings. The summed E-state index contributed by atoms with van der Waals surface area (Å²) in [6, 6.07) is 11.2. The number of methoxy groups -OCH3 is 1. The van der Waals surface area contributed by atoms with Gasteiger partial charge in [-0.1, -0.05) is 29.8 Å². The maximum Gasteiger partial charge on any atom is 0.258 e. The normalized spacial score (nSPS) is 11.3. The second-order valence-electron chi connectivity index (χ2n) is 6.25. The summed E-state index contributed by atoms with van der Waals surface area (Å²) in [5.41, 5.74) is 0.837. The topological polar surface area (TPSA) is 93.7 Å². The fourth-order valence-electron chi connectivity index (χ4n) is 2.38. The Labute approximate surface area is 170 Å². The van der Waals surface area contributed by atoms with E-state index in [2.05, 4.69) is 10.0 Å². The van der Waals surface area contributed by atoms with Crippen molar-refractivity contribution in [3.63, 3.8) is 0 Å². The molecule has 2 aromatic carbocycles. The van der Waals surface area contributed by atoms with Crippen LogP contribution in [-0.4, -0.2) is 34.1 Å². The lowest BCUT2D eigenvalue weighted by Gasteiger charge is -2.13. The molecule has 0 spiro atoms. The number of para-hydroxylation sites is 1. The van der Waals surface area contributed by atoms with Gasteiger partial charge in [-0.3, -0.25) is 4.79 Å². The van der Waals surface area contributed by atoms with Gasteiger partial charge in [0.05, 0.1) is 17.0 Å². The van der Waals surface area contributed by atoms with E-state index < -0.39 is 10.0 Å². The zero-order chi connectivity index (χ0) is 20.7. The monoisotopic (exact) mass is 426 g/mol. The van der Waals surface area contributed by atoms with E-state index in [9.17, 15) is 13.2 Å². The van der Waals surface area contributed by atoms with Crippen molar-refractivity contribution in [3.8, 4) is 11.5 Å². The van der Waals surface area contributed by atoms with Crippen LogP contribution in [0.2, 0.25) is 5.02 Å². The zero-order valence-corrected chi connectivity index (χ0v) is 17.4. The fraction of sp³-hybridized carbons (Fsp3) is 0.316. The minimum absolute atomic E-state index is 0.0270. The van der Waals surface area contributed by atoms with Gasteiger partial charge in [0.1, 0.15) is 11.5 Å². The third-order valence-corrected chi connectivity index (χ3v) is 5.58. The Kier molecular flexibility index (Phi) is 7.68. The molecule has 0 bridgehead atoms. The number of benzene rings is 2. The van der Waals surface area contributed by atoms with Crippen LogP contribution in [0.3, 0.4) is 0 Å². The summed E-state index contributed by atoms with van der Waals surface area (Å²) in [6.07, 6.45) is 0. The lowest BCUT2D eigenvalue weighted by molar-refractivity contribution is -0.123. The summed E-state index contributed by atoms with van der Waals surface area (Å²) >= 11 is 6.10. The molecule has 0 saturated carbocycles. The van der Waals surface area contributed by atoms with Crippen LogP contribution in [0.4, 0.5) is 0 Å². The lowest BCUT2D eigenvalue weighted by atomic mass is 10.2. The van der Waals surface area contributed by atoms with Gasteiger partial charge in [-0.05, 0) is 38.1 Å². The van der Waals surface area contributed by atoms with Crippen molar-refractivity contribution in [1.29, 1.82) is 0 Å². The molecule has 0 radical (unpaired) electrons. The van der Waals surface area contributed by atoms with E-state index in [-0.39, 0.29) is 40.8 Å². The first-order valence-corrected chi connectivity index (χ1v) is 10.4. The van der Waals surface area contributed by atoms with E-state index in [0.29, 0.717) is 5.75 Å². The number of amides is 1. The smallest absolute Gasteiger partial charge is 0.258 e. The molecule has 2 aromatic rings. The Bertz CT molecular complexity index is 932. The lowest BCUT2D eigenvalue weighted by Crippen LogP contribution is -2.30. The first kappa shape index (κ1) is 22.0. The number of halogens is 1. The van der Waals surface area contributed by atoms with Crippen molar-refractivity contribution in [3.05, 3.63) is 53.1 Å². The first-order valence-electron chi connectivity index (χ1n) is 8.56. The Balaban J connectivity index is 1.94. The van der Waals surface area contributed by atoms with Gasteiger partial charge in [-0.15, -0.1) is 0 Å². The van der Waals surface area contributed by atoms with E-state index in [1.54, 1.807) is 21.0 Å². The summed E-state index contributed by atoms with van der Waals surface area (Å²) in [7, 11) is -2.10. The summed E-state index contributed by atoms with van der Waals surface area (Å²) in [4.78, 5) is 12.0. The van der Waals surface area contributed by atoms with Gasteiger partial charge >= 0.3 is 0 Å². The predicted molar refractivity (Wildman–Crippen MR) is 107 cm³/mol. The summed E-state index contributed by atoms with van der Waals surface area (Å²) in [5.74, 6) is 0.552. The van der Waals surface area contributed by atoms with Gasteiger partial charge < -0.3 is 14.8 Å². The largest absolute Gasteiger partial charge is 0.496 e. The highest BCUT2D eigenvalue weighted by atomic mass is 35.5. The van der Waals surface area contributed by atoms with Crippen LogP contribution in [0.15, 0.2) is 47.4 Å². The molecule has 0 fully saturated rings. The van der Waals surface area contributed by atoms with Gasteiger partial charge in [0.25, 0.3) is 5.91 Å². The molecule has 0 heterocycles. The Morgan fingerprint density at radius 1 is 1.14 bits per heavy atom. The molecule has 7 nitrogen and oxygen atoms in total. The highest BCUT2D eigenvalue weighted by Gasteiger charge is 2.17. The van der Waals surface area contributed by atoms with Crippen LogP contribution >= 0.6 is 11.6 Å². The summed E-state index contributed by atoms with van der Waals surface area (Å²) < 4.78 is 37.4. The van der Waals surface area contributed by atoms with Crippen LogP contribution in [0.5, 0.6) is 11.5 Å². The van der Waals surface area contributed by atoms with Crippen molar-refractivity contribution in [2.45, 2.75) is 31.3 Å². The Morgan fingerprint density at radius 2 is 1.86 bits per heavy atom. The molecule has 0 saturated heterocycles. The standard InChI is InChI=1S/C19H23ClN2O5S/c1-13(2)22-28(24,25)15-8-9-18(16(20)10-15)27-12-19(23)21-11-14-6-4-5-7-17(14)26-3/h4-10,13,22H,11-12H2,1-3H3,(H,21,23). The Hall–Kier alpha value is -2.29. The van der Waals surface area contributed by atoms with E-state index >= 15 is 0 Å². The third-order valence-electron chi connectivity index (χ3n) is 3.63. The molecule has 0 unspecified atom stereocenters. The van der Waals surface area contributed by atoms with E-state index in [4.69, 9.17) is 21.1 Å². The molecule has 152 valence electrons. The highest BCUT2D eigenvalue weighted by Crippen LogP contribution is 2.27. The maximum absolute atomic E-state index is 12.2. The predicted octanol–water partition coefficient (Wildman–Crippen LogP) is 2.73. The number of carbonyl (C=O) groups excluding carboxylic acids is 1. The average molecular weight is 427 g/mol. The van der Waals surface area contributed by atoms with E-state index in [1.807, 2.05) is 24.3 Å². The molecule has 2 N–H and O–H groups in total. The highest BCUT2D eigenvalue weighted by molar-refractivity contribution is 7.89. The van der Waals surface area contributed by atoms with E-state index in [0.717, 1.165) is 5.56 Å². The molecule has 1 amide bonds. The van der Waals surface area contributed by atoms with Gasteiger partial charge in [0, 0.05) is 18.2 Å². The van der Waals surface area contributed by atoms with Crippen LogP contribution < -0.4 is 19.5 Å². The van der Waals surface area contributed by atoms with Gasteiger partial charge in [-0.25, -0.2) is 13.1 Å². The van der Waals surface area contributed by atoms with Gasteiger partial charge in [0.2, 0.25) is 10.0 Å². The molecule has 0 aliphatic carbocycles. The van der Waals surface area contributed by atoms with Crippen molar-refractivity contribution < 1.29 is 22.7 Å². The zero-order valence-electron chi connectivity index (χ0n) is 15.9. The third kappa shape index (κ3) is 6.12. The summed E-state index contributed by atoms with van der Waals surface area (Å²) in [5, 5.41) is 2.83. The summed E-state index contributed by atoms with van der Waals surface area (Å²) in [6.45, 7) is 3.48. The van der Waals surface area contributed by atoms with Crippen molar-refractivity contribution in [1.82, 2.24) is 10.0 Å². The van der Waals surface area contributed by atoms with Crippen LogP contribution in [-0.2, 0) is 21.4 Å².